The number of amides is 2. The third kappa shape index (κ3) is 2.82. The number of benzene rings is 1. The van der Waals surface area contributed by atoms with Crippen molar-refractivity contribution in [3.05, 3.63) is 28.2 Å². The first-order chi connectivity index (χ1) is 8.84. The van der Waals surface area contributed by atoms with Gasteiger partial charge in [0.1, 0.15) is 5.78 Å². The Bertz CT molecular complexity index is 632. The molecule has 1 aliphatic rings. The molecule has 2 amide bonds. The Kier molecular flexibility index (Phi) is 5.52. The smallest absolute Gasteiger partial charge is 0.299 e. The fraction of sp³-hybridized carbons (Fsp3) is 0.167. The average molecular weight is 323 g/mol. The molecule has 1 saturated heterocycles. The number of halogens is 2. The van der Waals surface area contributed by atoms with Crippen molar-refractivity contribution < 1.29 is 19.2 Å². The number of Topliss-reactive ketones (excluding diaryl/α,β-unsaturated/α-hetero) is 2. The van der Waals surface area contributed by atoms with Gasteiger partial charge in [0.2, 0.25) is 5.78 Å². The summed E-state index contributed by atoms with van der Waals surface area (Å²) in [4.78, 5) is 47.2. The van der Waals surface area contributed by atoms with Gasteiger partial charge in [0.25, 0.3) is 5.91 Å². The Hall–Kier alpha value is -0.720. The minimum Gasteiger partial charge on any atom is -0.299 e. The fourth-order valence-corrected chi connectivity index (χ4v) is 2.09. The predicted octanol–water partition coefficient (Wildman–Crippen LogP) is 1.26. The van der Waals surface area contributed by atoms with E-state index in [9.17, 15) is 19.2 Å². The van der Waals surface area contributed by atoms with Crippen LogP contribution in [-0.2, 0) is 19.2 Å². The van der Waals surface area contributed by atoms with Crippen LogP contribution in [0.4, 0.5) is 5.69 Å². The molecule has 1 unspecified atom stereocenters. The van der Waals surface area contributed by atoms with Crippen molar-refractivity contribution >= 4 is 81.8 Å². The quantitative estimate of drug-likeness (QED) is 0.356. The standard InChI is InChI=1S/C12H7Cl2NO4.Na/c1-5(16)9-10(17)12(19)15(11(9)18)6-2-3-7(13)8(14)4-6;/h2-4,9H,1H3;. The van der Waals surface area contributed by atoms with Gasteiger partial charge in [-0.15, -0.1) is 0 Å². The zero-order chi connectivity index (χ0) is 14.3. The minimum atomic E-state index is -1.55. The third-order valence-corrected chi connectivity index (χ3v) is 3.45. The number of anilines is 1. The molecular weight excluding hydrogens is 316 g/mol. The molecule has 1 fully saturated rings. The van der Waals surface area contributed by atoms with Crippen LogP contribution in [0.3, 0.4) is 0 Å². The van der Waals surface area contributed by atoms with Gasteiger partial charge in [0, 0.05) is 29.6 Å². The van der Waals surface area contributed by atoms with Crippen molar-refractivity contribution in [1.82, 2.24) is 0 Å². The summed E-state index contributed by atoms with van der Waals surface area (Å²) in [5.41, 5.74) is 0.113. The molecule has 0 aromatic heterocycles. The molecule has 1 radical (unpaired) electrons. The molecule has 0 saturated carbocycles. The van der Waals surface area contributed by atoms with Crippen molar-refractivity contribution in [3.63, 3.8) is 0 Å². The molecule has 99 valence electrons. The maximum absolute atomic E-state index is 12.0. The first-order valence-corrected chi connectivity index (χ1v) is 5.98. The molecule has 2 rings (SSSR count). The van der Waals surface area contributed by atoms with Gasteiger partial charge in [-0.3, -0.25) is 19.2 Å². The van der Waals surface area contributed by atoms with Crippen molar-refractivity contribution in [1.29, 1.82) is 0 Å². The number of hydrogen-bond donors (Lipinski definition) is 0. The van der Waals surface area contributed by atoms with E-state index >= 15 is 0 Å². The summed E-state index contributed by atoms with van der Waals surface area (Å²) in [5, 5.41) is 0.387. The van der Waals surface area contributed by atoms with Crippen LogP contribution in [0.15, 0.2) is 18.2 Å². The summed E-state index contributed by atoms with van der Waals surface area (Å²) < 4.78 is 0. The maximum Gasteiger partial charge on any atom is 0.302 e. The van der Waals surface area contributed by atoms with E-state index in [-0.39, 0.29) is 45.3 Å². The second kappa shape index (κ2) is 6.37. The zero-order valence-corrected chi connectivity index (χ0v) is 14.2. The summed E-state index contributed by atoms with van der Waals surface area (Å²) in [7, 11) is 0. The Morgan fingerprint density at radius 3 is 2.20 bits per heavy atom. The topological polar surface area (TPSA) is 71.5 Å². The van der Waals surface area contributed by atoms with Gasteiger partial charge in [-0.25, -0.2) is 4.90 Å². The fourth-order valence-electron chi connectivity index (χ4n) is 1.80. The van der Waals surface area contributed by atoms with Crippen LogP contribution in [0.1, 0.15) is 6.92 Å². The van der Waals surface area contributed by atoms with Crippen molar-refractivity contribution in [2.24, 2.45) is 5.92 Å². The number of ketones is 2. The molecule has 1 aliphatic heterocycles. The monoisotopic (exact) mass is 322 g/mol. The van der Waals surface area contributed by atoms with Gasteiger partial charge < -0.3 is 0 Å². The molecule has 0 bridgehead atoms. The van der Waals surface area contributed by atoms with Crippen LogP contribution in [0.25, 0.3) is 0 Å². The van der Waals surface area contributed by atoms with E-state index in [1.54, 1.807) is 0 Å². The van der Waals surface area contributed by atoms with E-state index < -0.39 is 29.3 Å². The normalized spacial score (nSPS) is 18.2. The second-order valence-corrected chi connectivity index (χ2v) is 4.80. The van der Waals surface area contributed by atoms with Gasteiger partial charge in [0.15, 0.2) is 5.92 Å². The minimum absolute atomic E-state index is 0. The van der Waals surface area contributed by atoms with Crippen LogP contribution in [0, 0.1) is 5.92 Å². The number of hydrogen-bond acceptors (Lipinski definition) is 4. The summed E-state index contributed by atoms with van der Waals surface area (Å²) in [5.74, 6) is -5.14. The molecule has 5 nitrogen and oxygen atoms in total. The molecule has 1 aromatic carbocycles. The Balaban J connectivity index is 0.00000200. The molecule has 1 atom stereocenters. The number of carbonyl (C=O) groups excluding carboxylic acids is 4. The van der Waals surface area contributed by atoms with Crippen molar-refractivity contribution in [3.8, 4) is 0 Å². The van der Waals surface area contributed by atoms with Gasteiger partial charge in [0.05, 0.1) is 15.7 Å². The largest absolute Gasteiger partial charge is 0.302 e. The van der Waals surface area contributed by atoms with Gasteiger partial charge in [-0.05, 0) is 25.1 Å². The van der Waals surface area contributed by atoms with E-state index in [1.807, 2.05) is 0 Å². The van der Waals surface area contributed by atoms with Crippen LogP contribution < -0.4 is 4.90 Å². The van der Waals surface area contributed by atoms with Crippen molar-refractivity contribution in [2.45, 2.75) is 6.92 Å². The summed E-state index contributed by atoms with van der Waals surface area (Å²) >= 11 is 11.5. The van der Waals surface area contributed by atoms with Crippen LogP contribution >= 0.6 is 23.2 Å². The molecule has 8 heteroatoms. The molecule has 1 aromatic rings. The molecule has 0 spiro atoms. The number of nitrogens with zero attached hydrogens (tertiary/aromatic N) is 1. The predicted molar refractivity (Wildman–Crippen MR) is 73.9 cm³/mol. The van der Waals surface area contributed by atoms with Crippen LogP contribution in [0.5, 0.6) is 0 Å². The zero-order valence-electron chi connectivity index (χ0n) is 10.6. The van der Waals surface area contributed by atoms with E-state index in [4.69, 9.17) is 23.2 Å². The van der Waals surface area contributed by atoms with Crippen LogP contribution in [-0.4, -0.2) is 52.9 Å². The van der Waals surface area contributed by atoms with Crippen molar-refractivity contribution in [2.75, 3.05) is 4.90 Å². The van der Waals surface area contributed by atoms with E-state index in [1.165, 1.54) is 18.2 Å². The second-order valence-electron chi connectivity index (χ2n) is 3.99. The molecule has 20 heavy (non-hydrogen) atoms. The number of imide groups is 1. The maximum atomic E-state index is 12.0. The number of carbonyl (C=O) groups is 4. The summed E-state index contributed by atoms with van der Waals surface area (Å²) in [6.45, 7) is 1.09. The molecular formula is C12H7Cl2NNaO4. The Morgan fingerprint density at radius 2 is 1.75 bits per heavy atom. The number of rotatable bonds is 2. The summed E-state index contributed by atoms with van der Waals surface area (Å²) in [6, 6.07) is 4.06. The SMILES string of the molecule is CC(=O)C1C(=O)C(=O)N(c2ccc(Cl)c(Cl)c2)C1=O.[Na]. The first-order valence-electron chi connectivity index (χ1n) is 5.22. The van der Waals surface area contributed by atoms with E-state index in [0.29, 0.717) is 4.90 Å². The van der Waals surface area contributed by atoms with E-state index in [2.05, 4.69) is 0 Å². The molecule has 0 N–H and O–H groups in total. The first kappa shape index (κ1) is 17.3. The third-order valence-electron chi connectivity index (χ3n) is 2.71. The van der Waals surface area contributed by atoms with Gasteiger partial charge in [-0.1, -0.05) is 23.2 Å². The Morgan fingerprint density at radius 1 is 1.15 bits per heavy atom. The molecule has 0 aliphatic carbocycles. The Labute approximate surface area is 146 Å². The average Bonchev–Trinajstić information content (AvgIpc) is 2.54. The van der Waals surface area contributed by atoms with Gasteiger partial charge in [-0.2, -0.15) is 0 Å². The van der Waals surface area contributed by atoms with E-state index in [0.717, 1.165) is 6.92 Å². The van der Waals surface area contributed by atoms with Gasteiger partial charge >= 0.3 is 5.91 Å². The van der Waals surface area contributed by atoms with Crippen LogP contribution in [0.2, 0.25) is 10.0 Å². The molecule has 1 heterocycles. The summed E-state index contributed by atoms with van der Waals surface area (Å²) in [6.07, 6.45) is 0.